The monoisotopic (exact) mass is 284 g/mol. The molecule has 120 valence electrons. The van der Waals surface area contributed by atoms with Gasteiger partial charge in [-0.1, -0.05) is 40.5 Å². The Hall–Kier alpha value is -0.120. The van der Waals surface area contributed by atoms with Crippen LogP contribution >= 0.6 is 0 Å². The van der Waals surface area contributed by atoms with Crippen molar-refractivity contribution in [1.29, 1.82) is 0 Å². The lowest BCUT2D eigenvalue weighted by Gasteiger charge is -2.43. The highest BCUT2D eigenvalue weighted by atomic mass is 16.3. The van der Waals surface area contributed by atoms with Crippen molar-refractivity contribution in [3.63, 3.8) is 0 Å². The van der Waals surface area contributed by atoms with Gasteiger partial charge in [0, 0.05) is 25.7 Å². The Labute approximate surface area is 126 Å². The summed E-state index contributed by atoms with van der Waals surface area (Å²) in [6, 6.07) is 0.725. The van der Waals surface area contributed by atoms with E-state index >= 15 is 0 Å². The highest BCUT2D eigenvalue weighted by molar-refractivity contribution is 4.87. The van der Waals surface area contributed by atoms with E-state index in [1.165, 1.54) is 32.1 Å². The minimum absolute atomic E-state index is 0.290. The Morgan fingerprint density at radius 2 is 2.05 bits per heavy atom. The Morgan fingerprint density at radius 1 is 1.35 bits per heavy atom. The molecule has 0 bridgehead atoms. The maximum Gasteiger partial charge on any atom is 0.0558 e. The molecule has 1 aliphatic rings. The van der Waals surface area contributed by atoms with Crippen LogP contribution in [0, 0.1) is 11.3 Å². The number of rotatable bonds is 11. The second-order valence-electron chi connectivity index (χ2n) is 7.36. The van der Waals surface area contributed by atoms with E-state index < -0.39 is 0 Å². The lowest BCUT2D eigenvalue weighted by atomic mass is 9.82. The number of aliphatic hydroxyl groups is 1. The molecule has 3 heteroatoms. The molecule has 2 N–H and O–H groups in total. The fourth-order valence-corrected chi connectivity index (χ4v) is 3.25. The van der Waals surface area contributed by atoms with Gasteiger partial charge in [0.15, 0.2) is 0 Å². The van der Waals surface area contributed by atoms with E-state index in [2.05, 4.69) is 37.9 Å². The summed E-state index contributed by atoms with van der Waals surface area (Å²) in [7, 11) is 0. The molecule has 0 aromatic rings. The molecule has 0 spiro atoms. The van der Waals surface area contributed by atoms with Gasteiger partial charge >= 0.3 is 0 Å². The zero-order valence-electron chi connectivity index (χ0n) is 14.1. The highest BCUT2D eigenvalue weighted by Gasteiger charge is 2.31. The first-order chi connectivity index (χ1) is 9.50. The summed E-state index contributed by atoms with van der Waals surface area (Å²) < 4.78 is 0. The van der Waals surface area contributed by atoms with Crippen LogP contribution in [0.4, 0.5) is 0 Å². The Morgan fingerprint density at radius 3 is 2.50 bits per heavy atom. The van der Waals surface area contributed by atoms with Gasteiger partial charge in [-0.15, -0.1) is 0 Å². The van der Waals surface area contributed by atoms with Gasteiger partial charge in [0.2, 0.25) is 0 Å². The molecule has 0 aliphatic heterocycles. The molecule has 1 unspecified atom stereocenters. The molecule has 1 atom stereocenters. The van der Waals surface area contributed by atoms with Crippen molar-refractivity contribution in [3.8, 4) is 0 Å². The summed E-state index contributed by atoms with van der Waals surface area (Å²) >= 11 is 0. The van der Waals surface area contributed by atoms with Gasteiger partial charge < -0.3 is 10.4 Å². The second-order valence-corrected chi connectivity index (χ2v) is 7.36. The molecule has 0 aromatic carbocycles. The van der Waals surface area contributed by atoms with Crippen LogP contribution in [-0.4, -0.2) is 48.8 Å². The van der Waals surface area contributed by atoms with Crippen LogP contribution in [0.15, 0.2) is 0 Å². The van der Waals surface area contributed by atoms with Crippen molar-refractivity contribution in [2.75, 3.05) is 32.8 Å². The van der Waals surface area contributed by atoms with E-state index in [9.17, 15) is 5.11 Å². The summed E-state index contributed by atoms with van der Waals surface area (Å²) in [6.45, 7) is 13.7. The predicted octanol–water partition coefficient (Wildman–Crippen LogP) is 2.89. The van der Waals surface area contributed by atoms with Crippen molar-refractivity contribution in [2.24, 2.45) is 11.3 Å². The number of nitrogens with one attached hydrogen (secondary N) is 1. The van der Waals surface area contributed by atoms with E-state index in [4.69, 9.17) is 0 Å². The van der Waals surface area contributed by atoms with Crippen molar-refractivity contribution in [2.45, 2.75) is 65.8 Å². The topological polar surface area (TPSA) is 35.5 Å². The molecule has 20 heavy (non-hydrogen) atoms. The molecule has 0 amide bonds. The third-order valence-corrected chi connectivity index (χ3v) is 4.52. The zero-order valence-corrected chi connectivity index (χ0v) is 14.1. The van der Waals surface area contributed by atoms with Gasteiger partial charge in [0.05, 0.1) is 6.61 Å². The van der Waals surface area contributed by atoms with Gasteiger partial charge in [0.1, 0.15) is 0 Å². The van der Waals surface area contributed by atoms with Crippen molar-refractivity contribution in [1.82, 2.24) is 10.2 Å². The molecular formula is C17H36N2O. The average Bonchev–Trinajstić information content (AvgIpc) is 2.26. The normalized spacial score (nSPS) is 19.4. The fraction of sp³-hybridized carbons (Fsp3) is 1.00. The summed E-state index contributed by atoms with van der Waals surface area (Å²) in [6.07, 6.45) is 6.50. The number of nitrogens with zero attached hydrogens (tertiary/aromatic N) is 1. The van der Waals surface area contributed by atoms with Crippen LogP contribution in [0.2, 0.25) is 0 Å². The van der Waals surface area contributed by atoms with Crippen LogP contribution in [-0.2, 0) is 0 Å². The van der Waals surface area contributed by atoms with Gasteiger partial charge in [-0.25, -0.2) is 0 Å². The molecule has 0 saturated heterocycles. The van der Waals surface area contributed by atoms with E-state index in [0.717, 1.165) is 32.2 Å². The third-order valence-electron chi connectivity index (χ3n) is 4.52. The smallest absolute Gasteiger partial charge is 0.0558 e. The first-order valence-electron chi connectivity index (χ1n) is 8.56. The molecule has 1 saturated carbocycles. The van der Waals surface area contributed by atoms with E-state index in [1.807, 2.05) is 0 Å². The van der Waals surface area contributed by atoms with Crippen LogP contribution in [0.25, 0.3) is 0 Å². The van der Waals surface area contributed by atoms with Crippen LogP contribution < -0.4 is 5.32 Å². The van der Waals surface area contributed by atoms with Crippen molar-refractivity contribution < 1.29 is 5.11 Å². The summed E-state index contributed by atoms with van der Waals surface area (Å²) in [5.41, 5.74) is 0.328. The SMILES string of the molecule is CCCC(C)(CNCC(C)C)CN(CCO)C1CCC1. The molecule has 0 heterocycles. The number of aliphatic hydroxyl groups excluding tert-OH is 1. The highest BCUT2D eigenvalue weighted by Crippen LogP contribution is 2.30. The van der Waals surface area contributed by atoms with Crippen molar-refractivity contribution in [3.05, 3.63) is 0 Å². The van der Waals surface area contributed by atoms with Gasteiger partial charge in [0.25, 0.3) is 0 Å². The number of hydrogen-bond donors (Lipinski definition) is 2. The standard InChI is InChI=1S/C17H36N2O/c1-5-9-17(4,13-18-12-15(2)3)14-19(10-11-20)16-7-6-8-16/h15-16,18,20H,5-14H2,1-4H3. The molecular weight excluding hydrogens is 248 g/mol. The quantitative estimate of drug-likeness (QED) is 0.612. The first-order valence-corrected chi connectivity index (χ1v) is 8.56. The van der Waals surface area contributed by atoms with E-state index in [0.29, 0.717) is 11.3 Å². The minimum atomic E-state index is 0.290. The molecule has 1 rings (SSSR count). The summed E-state index contributed by atoms with van der Waals surface area (Å²) in [5, 5.41) is 13.0. The largest absolute Gasteiger partial charge is 0.395 e. The predicted molar refractivity (Wildman–Crippen MR) is 87.0 cm³/mol. The Bertz CT molecular complexity index is 253. The van der Waals surface area contributed by atoms with Gasteiger partial charge in [-0.3, -0.25) is 4.90 Å². The lowest BCUT2D eigenvalue weighted by molar-refractivity contribution is 0.0544. The molecule has 1 fully saturated rings. The maximum absolute atomic E-state index is 9.32. The Kier molecular flexibility index (Phi) is 8.08. The summed E-state index contributed by atoms with van der Waals surface area (Å²) in [5.74, 6) is 0.709. The minimum Gasteiger partial charge on any atom is -0.395 e. The second kappa shape index (κ2) is 9.01. The van der Waals surface area contributed by atoms with E-state index in [-0.39, 0.29) is 6.61 Å². The van der Waals surface area contributed by atoms with E-state index in [1.54, 1.807) is 0 Å². The molecule has 0 aromatic heterocycles. The third kappa shape index (κ3) is 6.11. The first kappa shape index (κ1) is 17.9. The lowest BCUT2D eigenvalue weighted by Crippen LogP contribution is -2.49. The van der Waals surface area contributed by atoms with Gasteiger partial charge in [-0.05, 0) is 37.1 Å². The average molecular weight is 284 g/mol. The molecule has 3 nitrogen and oxygen atoms in total. The van der Waals surface area contributed by atoms with Crippen LogP contribution in [0.3, 0.4) is 0 Å². The molecule has 0 radical (unpaired) electrons. The molecule has 1 aliphatic carbocycles. The summed E-state index contributed by atoms with van der Waals surface area (Å²) in [4.78, 5) is 2.54. The van der Waals surface area contributed by atoms with Crippen LogP contribution in [0.5, 0.6) is 0 Å². The maximum atomic E-state index is 9.32. The number of hydrogen-bond acceptors (Lipinski definition) is 3. The van der Waals surface area contributed by atoms with Gasteiger partial charge in [-0.2, -0.15) is 0 Å². The van der Waals surface area contributed by atoms with Crippen LogP contribution in [0.1, 0.15) is 59.8 Å². The Balaban J connectivity index is 2.52. The zero-order chi connectivity index (χ0) is 15.0. The fourth-order valence-electron chi connectivity index (χ4n) is 3.25. The van der Waals surface area contributed by atoms with Crippen molar-refractivity contribution >= 4 is 0 Å².